The Bertz CT molecular complexity index is 1110. The van der Waals surface area contributed by atoms with Crippen molar-refractivity contribution in [2.24, 2.45) is 7.05 Å². The fourth-order valence-corrected chi connectivity index (χ4v) is 2.81. The van der Waals surface area contributed by atoms with Gasteiger partial charge in [0.05, 0.1) is 18.3 Å². The van der Waals surface area contributed by atoms with E-state index in [1.807, 2.05) is 19.1 Å². The van der Waals surface area contributed by atoms with E-state index in [9.17, 15) is 9.59 Å². The summed E-state index contributed by atoms with van der Waals surface area (Å²) in [6.45, 7) is 3.89. The van der Waals surface area contributed by atoms with Crippen LogP contribution in [0.25, 0.3) is 10.9 Å². The SMILES string of the molecule is CCOc1ncc(Cl)c(Nc2ccc3c(c2)cc(OCC(=O)CC)c(=O)n3C)n1. The summed E-state index contributed by atoms with van der Waals surface area (Å²) in [5.74, 6) is 0.447. The lowest BCUT2D eigenvalue weighted by Crippen LogP contribution is -2.21. The van der Waals surface area contributed by atoms with Crippen molar-refractivity contribution >= 4 is 39.8 Å². The van der Waals surface area contributed by atoms with Crippen LogP contribution < -0.4 is 20.3 Å². The summed E-state index contributed by atoms with van der Waals surface area (Å²) in [6.07, 6.45) is 1.81. The van der Waals surface area contributed by atoms with E-state index in [2.05, 4.69) is 15.3 Å². The van der Waals surface area contributed by atoms with Crippen molar-refractivity contribution in [1.29, 1.82) is 0 Å². The molecule has 1 N–H and O–H groups in total. The Morgan fingerprint density at radius 2 is 2.03 bits per heavy atom. The number of aromatic nitrogens is 3. The molecule has 0 amide bonds. The lowest BCUT2D eigenvalue weighted by atomic mass is 10.2. The maximum Gasteiger partial charge on any atom is 0.318 e. The van der Waals surface area contributed by atoms with Gasteiger partial charge in [0.1, 0.15) is 11.6 Å². The van der Waals surface area contributed by atoms with Crippen molar-refractivity contribution in [3.05, 3.63) is 45.8 Å². The normalized spacial score (nSPS) is 10.8. The molecule has 0 saturated heterocycles. The summed E-state index contributed by atoms with van der Waals surface area (Å²) in [7, 11) is 1.65. The largest absolute Gasteiger partial charge is 0.480 e. The first-order valence-electron chi connectivity index (χ1n) is 9.13. The molecule has 3 aromatic rings. The maximum atomic E-state index is 12.5. The summed E-state index contributed by atoms with van der Waals surface area (Å²) in [4.78, 5) is 32.3. The molecule has 0 bridgehead atoms. The van der Waals surface area contributed by atoms with Crippen molar-refractivity contribution in [2.75, 3.05) is 18.5 Å². The van der Waals surface area contributed by atoms with E-state index in [4.69, 9.17) is 21.1 Å². The van der Waals surface area contributed by atoms with Gasteiger partial charge in [0.15, 0.2) is 17.4 Å². The second kappa shape index (κ2) is 8.91. The Labute approximate surface area is 172 Å². The van der Waals surface area contributed by atoms with Gasteiger partial charge in [-0.05, 0) is 31.2 Å². The van der Waals surface area contributed by atoms with Crippen LogP contribution in [0.2, 0.25) is 5.02 Å². The zero-order valence-corrected chi connectivity index (χ0v) is 17.1. The number of nitrogens with one attached hydrogen (secondary N) is 1. The lowest BCUT2D eigenvalue weighted by molar-refractivity contribution is -0.120. The molecule has 0 radical (unpaired) electrons. The number of carbonyl (C=O) groups excluding carboxylic acids is 1. The molecule has 9 heteroatoms. The second-order valence-electron chi connectivity index (χ2n) is 6.23. The first-order chi connectivity index (χ1) is 13.9. The van der Waals surface area contributed by atoms with E-state index in [0.717, 1.165) is 10.9 Å². The van der Waals surface area contributed by atoms with Crippen molar-refractivity contribution < 1.29 is 14.3 Å². The number of ether oxygens (including phenoxy) is 2. The minimum absolute atomic E-state index is 0.0777. The number of benzene rings is 1. The molecule has 8 nitrogen and oxygen atoms in total. The topological polar surface area (TPSA) is 95.3 Å². The third-order valence-electron chi connectivity index (χ3n) is 4.23. The van der Waals surface area contributed by atoms with E-state index in [-0.39, 0.29) is 29.7 Å². The van der Waals surface area contributed by atoms with Crippen LogP contribution in [0.3, 0.4) is 0 Å². The molecule has 0 aliphatic carbocycles. The number of carbonyl (C=O) groups is 1. The molecule has 0 saturated carbocycles. The van der Waals surface area contributed by atoms with Gasteiger partial charge in [-0.2, -0.15) is 4.98 Å². The zero-order chi connectivity index (χ0) is 21.0. The van der Waals surface area contributed by atoms with Gasteiger partial charge in [0.25, 0.3) is 5.56 Å². The van der Waals surface area contributed by atoms with Gasteiger partial charge >= 0.3 is 6.01 Å². The fraction of sp³-hybridized carbons (Fsp3) is 0.300. The van der Waals surface area contributed by atoms with E-state index in [1.54, 1.807) is 26.1 Å². The Hall–Kier alpha value is -3.13. The molecular weight excluding hydrogens is 396 g/mol. The number of rotatable bonds is 8. The Balaban J connectivity index is 1.95. The van der Waals surface area contributed by atoms with Crippen LogP contribution in [0.15, 0.2) is 35.3 Å². The summed E-state index contributed by atoms with van der Waals surface area (Å²) < 4.78 is 12.2. The molecule has 2 aromatic heterocycles. The lowest BCUT2D eigenvalue weighted by Gasteiger charge is -2.12. The zero-order valence-electron chi connectivity index (χ0n) is 16.4. The van der Waals surface area contributed by atoms with E-state index >= 15 is 0 Å². The minimum Gasteiger partial charge on any atom is -0.480 e. The van der Waals surface area contributed by atoms with Crippen LogP contribution in [0.4, 0.5) is 11.5 Å². The van der Waals surface area contributed by atoms with Crippen LogP contribution in [0, 0.1) is 0 Å². The van der Waals surface area contributed by atoms with Crippen LogP contribution in [0.5, 0.6) is 11.8 Å². The van der Waals surface area contributed by atoms with E-state index < -0.39 is 0 Å². The van der Waals surface area contributed by atoms with E-state index in [1.165, 1.54) is 10.8 Å². The van der Waals surface area contributed by atoms with Crippen LogP contribution in [0.1, 0.15) is 20.3 Å². The highest BCUT2D eigenvalue weighted by Gasteiger charge is 2.12. The number of hydrogen-bond donors (Lipinski definition) is 1. The van der Waals surface area contributed by atoms with Gasteiger partial charge in [-0.15, -0.1) is 0 Å². The number of Topliss-reactive ketones (excluding diaryl/α,β-unsaturated/α-hetero) is 1. The van der Waals surface area contributed by atoms with Crippen molar-refractivity contribution in [3.8, 4) is 11.8 Å². The number of nitrogens with zero attached hydrogens (tertiary/aromatic N) is 3. The fourth-order valence-electron chi connectivity index (χ4n) is 2.67. The van der Waals surface area contributed by atoms with Gasteiger partial charge in [-0.3, -0.25) is 9.59 Å². The molecule has 0 unspecified atom stereocenters. The molecule has 0 atom stereocenters. The Morgan fingerprint density at radius 3 is 2.76 bits per heavy atom. The van der Waals surface area contributed by atoms with Crippen LogP contribution in [-0.2, 0) is 11.8 Å². The van der Waals surface area contributed by atoms with Gasteiger partial charge in [0.2, 0.25) is 0 Å². The second-order valence-corrected chi connectivity index (χ2v) is 6.64. The van der Waals surface area contributed by atoms with Gasteiger partial charge < -0.3 is 19.4 Å². The van der Waals surface area contributed by atoms with Crippen LogP contribution >= 0.6 is 11.6 Å². The van der Waals surface area contributed by atoms with Crippen LogP contribution in [-0.4, -0.2) is 33.5 Å². The summed E-state index contributed by atoms with van der Waals surface area (Å²) >= 11 is 6.18. The maximum absolute atomic E-state index is 12.5. The molecule has 1 aromatic carbocycles. The average Bonchev–Trinajstić information content (AvgIpc) is 2.72. The van der Waals surface area contributed by atoms with E-state index in [0.29, 0.717) is 29.6 Å². The summed E-state index contributed by atoms with van der Waals surface area (Å²) in [5, 5.41) is 4.23. The van der Waals surface area contributed by atoms with Gasteiger partial charge in [0, 0.05) is 24.5 Å². The number of fused-ring (bicyclic) bond motifs is 1. The standard InChI is InChI=1S/C20H21ClN4O4/c1-4-14(26)11-29-17-9-12-8-13(6-7-16(12)25(3)19(17)27)23-18-15(21)10-22-20(24-18)28-5-2/h6-10H,4-5,11H2,1-3H3,(H,22,23,24). The first kappa shape index (κ1) is 20.6. The number of hydrogen-bond acceptors (Lipinski definition) is 7. The Morgan fingerprint density at radius 1 is 1.24 bits per heavy atom. The number of ketones is 1. The predicted octanol–water partition coefficient (Wildman–Crippen LogP) is 3.48. The predicted molar refractivity (Wildman–Crippen MR) is 111 cm³/mol. The molecule has 0 aliphatic rings. The quantitative estimate of drug-likeness (QED) is 0.600. The molecule has 0 aliphatic heterocycles. The highest BCUT2D eigenvalue weighted by molar-refractivity contribution is 6.32. The number of halogens is 1. The molecular formula is C20H21ClN4O4. The third kappa shape index (κ3) is 4.65. The average molecular weight is 417 g/mol. The molecule has 29 heavy (non-hydrogen) atoms. The third-order valence-corrected chi connectivity index (χ3v) is 4.51. The molecule has 3 rings (SSSR count). The van der Waals surface area contributed by atoms with Crippen molar-refractivity contribution in [1.82, 2.24) is 14.5 Å². The number of aryl methyl sites for hydroxylation is 1. The molecule has 152 valence electrons. The van der Waals surface area contributed by atoms with Crippen molar-refractivity contribution in [3.63, 3.8) is 0 Å². The summed E-state index contributed by atoms with van der Waals surface area (Å²) in [5.41, 5.74) is 1.12. The number of pyridine rings is 1. The molecule has 2 heterocycles. The van der Waals surface area contributed by atoms with Gasteiger partial charge in [-0.1, -0.05) is 18.5 Å². The van der Waals surface area contributed by atoms with Gasteiger partial charge in [-0.25, -0.2) is 4.98 Å². The first-order valence-corrected chi connectivity index (χ1v) is 9.51. The number of anilines is 2. The minimum atomic E-state index is -0.303. The summed E-state index contributed by atoms with van der Waals surface area (Å²) in [6, 6.07) is 7.29. The van der Waals surface area contributed by atoms with Crippen molar-refractivity contribution in [2.45, 2.75) is 20.3 Å². The highest BCUT2D eigenvalue weighted by atomic mass is 35.5. The molecule has 0 spiro atoms. The molecule has 0 fully saturated rings. The monoisotopic (exact) mass is 416 g/mol. The highest BCUT2D eigenvalue weighted by Crippen LogP contribution is 2.27. The Kier molecular flexibility index (Phi) is 6.33. The smallest absolute Gasteiger partial charge is 0.318 e.